The van der Waals surface area contributed by atoms with Crippen LogP contribution in [-0.4, -0.2) is 31.5 Å². The normalized spacial score (nSPS) is 11.7. The zero-order chi connectivity index (χ0) is 18.7. The lowest BCUT2D eigenvalue weighted by Gasteiger charge is -2.11. The second kappa shape index (κ2) is 7.35. The van der Waals surface area contributed by atoms with E-state index in [1.165, 1.54) is 18.5 Å². The molecule has 0 aliphatic rings. The molecular weight excluding hydrogens is 355 g/mol. The molecule has 6 nitrogen and oxygen atoms in total. The fourth-order valence-corrected chi connectivity index (χ4v) is 3.97. The number of rotatable bonds is 6. The van der Waals surface area contributed by atoms with Crippen molar-refractivity contribution in [2.24, 2.45) is 0 Å². The molecule has 0 saturated carbocycles. The largest absolute Gasteiger partial charge is 0.368 e. The third-order valence-corrected chi connectivity index (χ3v) is 5.54. The Morgan fingerprint density at radius 1 is 1.04 bits per heavy atom. The standard InChI is InChI=1S/C18H19FN4O2S/c1-12-3-4-13(2)17(9-12)26(24,25)23-8-7-20-18-15-10-14(19)5-6-16(15)21-11-22-18/h3-6,9-11,23H,7-8H2,1-2H3,(H,20,21,22). The summed E-state index contributed by atoms with van der Waals surface area (Å²) in [7, 11) is -3.60. The quantitative estimate of drug-likeness (QED) is 0.648. The van der Waals surface area contributed by atoms with E-state index in [4.69, 9.17) is 0 Å². The molecule has 0 atom stereocenters. The Morgan fingerprint density at radius 2 is 1.85 bits per heavy atom. The van der Waals surface area contributed by atoms with E-state index in [-0.39, 0.29) is 17.3 Å². The number of nitrogens with one attached hydrogen (secondary N) is 2. The second-order valence-electron chi connectivity index (χ2n) is 5.98. The average molecular weight is 374 g/mol. The molecule has 26 heavy (non-hydrogen) atoms. The molecule has 1 heterocycles. The summed E-state index contributed by atoms with van der Waals surface area (Å²) in [6.07, 6.45) is 1.38. The van der Waals surface area contributed by atoms with Gasteiger partial charge in [0.2, 0.25) is 10.0 Å². The number of benzene rings is 2. The maximum Gasteiger partial charge on any atom is 0.240 e. The van der Waals surface area contributed by atoms with E-state index < -0.39 is 10.0 Å². The van der Waals surface area contributed by atoms with Gasteiger partial charge in [-0.25, -0.2) is 27.5 Å². The van der Waals surface area contributed by atoms with Crippen LogP contribution in [0.25, 0.3) is 10.9 Å². The fourth-order valence-electron chi connectivity index (χ4n) is 2.61. The van der Waals surface area contributed by atoms with Gasteiger partial charge in [0, 0.05) is 18.5 Å². The molecule has 0 aliphatic carbocycles. The van der Waals surface area contributed by atoms with Gasteiger partial charge in [0.1, 0.15) is 18.0 Å². The summed E-state index contributed by atoms with van der Waals surface area (Å²) in [4.78, 5) is 8.45. The third-order valence-electron chi connectivity index (χ3n) is 3.94. The minimum Gasteiger partial charge on any atom is -0.368 e. The molecule has 0 aliphatic heterocycles. The Hall–Kier alpha value is -2.58. The van der Waals surface area contributed by atoms with E-state index in [1.807, 2.05) is 13.0 Å². The van der Waals surface area contributed by atoms with Crippen LogP contribution in [0.5, 0.6) is 0 Å². The number of sulfonamides is 1. The van der Waals surface area contributed by atoms with Crippen molar-refractivity contribution in [3.05, 3.63) is 59.7 Å². The van der Waals surface area contributed by atoms with E-state index >= 15 is 0 Å². The molecule has 2 aromatic carbocycles. The molecule has 0 radical (unpaired) electrons. The topological polar surface area (TPSA) is 84.0 Å². The first-order valence-corrected chi connectivity index (χ1v) is 9.56. The fraction of sp³-hybridized carbons (Fsp3) is 0.222. The molecule has 0 saturated heterocycles. The van der Waals surface area contributed by atoms with Crippen molar-refractivity contribution >= 4 is 26.7 Å². The van der Waals surface area contributed by atoms with Gasteiger partial charge in [0.05, 0.1) is 10.4 Å². The average Bonchev–Trinajstić information content (AvgIpc) is 2.61. The number of fused-ring (bicyclic) bond motifs is 1. The number of anilines is 1. The highest BCUT2D eigenvalue weighted by Gasteiger charge is 2.16. The van der Waals surface area contributed by atoms with Crippen LogP contribution in [0.4, 0.5) is 10.2 Å². The summed E-state index contributed by atoms with van der Waals surface area (Å²) in [6.45, 7) is 4.07. The SMILES string of the molecule is Cc1ccc(C)c(S(=O)(=O)NCCNc2ncnc3ccc(F)cc23)c1. The lowest BCUT2D eigenvalue weighted by atomic mass is 10.2. The van der Waals surface area contributed by atoms with Crippen LogP contribution in [-0.2, 0) is 10.0 Å². The van der Waals surface area contributed by atoms with Crippen LogP contribution in [0.2, 0.25) is 0 Å². The number of aromatic nitrogens is 2. The second-order valence-corrected chi connectivity index (χ2v) is 7.71. The number of nitrogens with zero attached hydrogens (tertiary/aromatic N) is 2. The van der Waals surface area contributed by atoms with Crippen LogP contribution in [0.15, 0.2) is 47.6 Å². The van der Waals surface area contributed by atoms with Gasteiger partial charge in [0.15, 0.2) is 0 Å². The molecule has 136 valence electrons. The molecule has 1 aromatic heterocycles. The maximum absolute atomic E-state index is 13.4. The molecule has 0 amide bonds. The van der Waals surface area contributed by atoms with Crippen molar-refractivity contribution in [1.82, 2.24) is 14.7 Å². The van der Waals surface area contributed by atoms with Gasteiger partial charge in [0.25, 0.3) is 0 Å². The van der Waals surface area contributed by atoms with Crippen molar-refractivity contribution in [3.8, 4) is 0 Å². The molecule has 3 rings (SSSR count). The molecular formula is C18H19FN4O2S. The van der Waals surface area contributed by atoms with Crippen LogP contribution in [0, 0.1) is 19.7 Å². The molecule has 8 heteroatoms. The van der Waals surface area contributed by atoms with Crippen molar-refractivity contribution in [3.63, 3.8) is 0 Å². The van der Waals surface area contributed by atoms with E-state index in [0.717, 1.165) is 5.56 Å². The van der Waals surface area contributed by atoms with Gasteiger partial charge in [-0.2, -0.15) is 0 Å². The van der Waals surface area contributed by atoms with E-state index in [1.54, 1.807) is 25.1 Å². The van der Waals surface area contributed by atoms with Gasteiger partial charge in [-0.05, 0) is 49.2 Å². The molecule has 0 spiro atoms. The monoisotopic (exact) mass is 374 g/mol. The predicted molar refractivity (Wildman–Crippen MR) is 99.1 cm³/mol. The summed E-state index contributed by atoms with van der Waals surface area (Å²) < 4.78 is 40.9. The summed E-state index contributed by atoms with van der Waals surface area (Å²) in [5.41, 5.74) is 2.18. The van der Waals surface area contributed by atoms with Gasteiger partial charge >= 0.3 is 0 Å². The van der Waals surface area contributed by atoms with Crippen molar-refractivity contribution in [2.75, 3.05) is 18.4 Å². The summed E-state index contributed by atoms with van der Waals surface area (Å²) in [5, 5.41) is 3.57. The predicted octanol–water partition coefficient (Wildman–Crippen LogP) is 2.78. The molecule has 0 fully saturated rings. The molecule has 0 bridgehead atoms. The van der Waals surface area contributed by atoms with Crippen LogP contribution >= 0.6 is 0 Å². The third kappa shape index (κ3) is 3.97. The lowest BCUT2D eigenvalue weighted by Crippen LogP contribution is -2.29. The van der Waals surface area contributed by atoms with Crippen LogP contribution in [0.3, 0.4) is 0 Å². The number of hydrogen-bond acceptors (Lipinski definition) is 5. The first-order valence-electron chi connectivity index (χ1n) is 8.08. The van der Waals surface area contributed by atoms with E-state index in [9.17, 15) is 12.8 Å². The Morgan fingerprint density at radius 3 is 2.65 bits per heavy atom. The van der Waals surface area contributed by atoms with Gasteiger partial charge in [-0.15, -0.1) is 0 Å². The van der Waals surface area contributed by atoms with Gasteiger partial charge in [-0.3, -0.25) is 0 Å². The number of hydrogen-bond donors (Lipinski definition) is 2. The highest BCUT2D eigenvalue weighted by molar-refractivity contribution is 7.89. The van der Waals surface area contributed by atoms with Crippen LogP contribution in [0.1, 0.15) is 11.1 Å². The Bertz CT molecular complexity index is 1050. The zero-order valence-corrected chi connectivity index (χ0v) is 15.3. The van der Waals surface area contributed by atoms with Crippen molar-refractivity contribution < 1.29 is 12.8 Å². The summed E-state index contributed by atoms with van der Waals surface area (Å²) in [5.74, 6) is 0.0754. The first-order chi connectivity index (χ1) is 12.4. The Kier molecular flexibility index (Phi) is 5.15. The number of aryl methyl sites for hydroxylation is 2. The van der Waals surface area contributed by atoms with Gasteiger partial charge in [-0.1, -0.05) is 12.1 Å². The van der Waals surface area contributed by atoms with Gasteiger partial charge < -0.3 is 5.32 Å². The molecule has 0 unspecified atom stereocenters. The summed E-state index contributed by atoms with van der Waals surface area (Å²) in [6, 6.07) is 9.54. The first kappa shape index (κ1) is 18.2. The highest BCUT2D eigenvalue weighted by Crippen LogP contribution is 2.20. The molecule has 2 N–H and O–H groups in total. The minimum atomic E-state index is -3.60. The molecule has 3 aromatic rings. The van der Waals surface area contributed by atoms with Crippen LogP contribution < -0.4 is 10.0 Å². The lowest BCUT2D eigenvalue weighted by molar-refractivity contribution is 0.582. The maximum atomic E-state index is 13.4. The minimum absolute atomic E-state index is 0.163. The summed E-state index contributed by atoms with van der Waals surface area (Å²) >= 11 is 0. The van der Waals surface area contributed by atoms with Crippen molar-refractivity contribution in [1.29, 1.82) is 0 Å². The number of halogens is 1. The van der Waals surface area contributed by atoms with E-state index in [0.29, 0.717) is 28.8 Å². The Balaban J connectivity index is 1.67. The van der Waals surface area contributed by atoms with Crippen molar-refractivity contribution in [2.45, 2.75) is 18.7 Å². The Labute approximate surface area is 151 Å². The zero-order valence-electron chi connectivity index (χ0n) is 14.5. The highest BCUT2D eigenvalue weighted by atomic mass is 32.2. The van der Waals surface area contributed by atoms with E-state index in [2.05, 4.69) is 20.0 Å². The smallest absolute Gasteiger partial charge is 0.240 e.